The minimum absolute atomic E-state index is 0.139. The van der Waals surface area contributed by atoms with E-state index in [4.69, 9.17) is 33.9 Å². The van der Waals surface area contributed by atoms with Crippen LogP contribution in [0.2, 0.25) is 10.0 Å². The molecule has 3 rings (SSSR count). The lowest BCUT2D eigenvalue weighted by Crippen LogP contribution is -2.28. The Morgan fingerprint density at radius 2 is 1.97 bits per heavy atom. The zero-order chi connectivity index (χ0) is 23.3. The number of amides is 1. The van der Waals surface area contributed by atoms with E-state index in [-0.39, 0.29) is 11.9 Å². The summed E-state index contributed by atoms with van der Waals surface area (Å²) in [5, 5.41) is 3.89. The molecule has 0 radical (unpaired) electrons. The van der Waals surface area contributed by atoms with Crippen LogP contribution in [-0.4, -0.2) is 33.9 Å². The highest BCUT2D eigenvalue weighted by atomic mass is 35.5. The molecule has 0 aliphatic rings. The fraction of sp³-hybridized carbons (Fsp3) is 0.375. The number of fused-ring (bicyclic) bond motifs is 1. The lowest BCUT2D eigenvalue weighted by Gasteiger charge is -2.10. The van der Waals surface area contributed by atoms with Crippen LogP contribution in [0.4, 0.5) is 0 Å². The van der Waals surface area contributed by atoms with Gasteiger partial charge in [0.2, 0.25) is 0 Å². The summed E-state index contributed by atoms with van der Waals surface area (Å²) >= 11 is 12.3. The Morgan fingerprint density at radius 1 is 1.19 bits per heavy atom. The fourth-order valence-electron chi connectivity index (χ4n) is 3.47. The van der Waals surface area contributed by atoms with Gasteiger partial charge < -0.3 is 15.6 Å². The minimum atomic E-state index is -0.163. The van der Waals surface area contributed by atoms with E-state index in [2.05, 4.69) is 21.8 Å². The number of hydrogen-bond acceptors (Lipinski definition) is 3. The van der Waals surface area contributed by atoms with Gasteiger partial charge in [0.05, 0.1) is 26.9 Å². The van der Waals surface area contributed by atoms with Crippen molar-refractivity contribution in [2.75, 3.05) is 6.54 Å². The van der Waals surface area contributed by atoms with Gasteiger partial charge >= 0.3 is 0 Å². The molecule has 0 saturated heterocycles. The van der Waals surface area contributed by atoms with Crippen molar-refractivity contribution >= 4 is 46.0 Å². The number of aryl methyl sites for hydroxylation is 1. The highest BCUT2D eigenvalue weighted by Gasteiger charge is 2.16. The van der Waals surface area contributed by atoms with Crippen LogP contribution >= 0.6 is 23.2 Å². The van der Waals surface area contributed by atoms with E-state index >= 15 is 0 Å². The van der Waals surface area contributed by atoms with Crippen LogP contribution in [0.5, 0.6) is 0 Å². The highest BCUT2D eigenvalue weighted by Crippen LogP contribution is 2.31. The number of amidine groups is 1. The molecule has 1 amide bonds. The molecule has 3 N–H and O–H groups in total. The van der Waals surface area contributed by atoms with Crippen LogP contribution in [0.1, 0.15) is 50.4 Å². The predicted octanol–water partition coefficient (Wildman–Crippen LogP) is 5.70. The molecule has 0 bridgehead atoms. The standard InChI is InChI=1S/C24H29Cl2N5O/c1-4-5-12-31-21-9-7-17(24(32)28-11-10-22(27)29-15(2)3)14-20(21)30-23(31)16-6-8-18(25)19(26)13-16/h6-9,13-15H,4-5,10-12H2,1-3H3,(H2,27,29)(H,28,32). The van der Waals surface area contributed by atoms with Gasteiger partial charge in [-0.3, -0.25) is 9.79 Å². The van der Waals surface area contributed by atoms with Crippen molar-refractivity contribution in [3.63, 3.8) is 0 Å². The molecule has 1 aromatic heterocycles. The van der Waals surface area contributed by atoms with Gasteiger partial charge in [-0.1, -0.05) is 36.5 Å². The summed E-state index contributed by atoms with van der Waals surface area (Å²) < 4.78 is 2.17. The van der Waals surface area contributed by atoms with Crippen molar-refractivity contribution in [2.45, 2.75) is 52.6 Å². The van der Waals surface area contributed by atoms with Gasteiger partial charge in [-0.25, -0.2) is 4.98 Å². The molecule has 1 heterocycles. The lowest BCUT2D eigenvalue weighted by atomic mass is 10.2. The van der Waals surface area contributed by atoms with Crippen LogP contribution < -0.4 is 11.1 Å². The number of nitrogens with one attached hydrogen (secondary N) is 1. The SMILES string of the molecule is CCCCn1c(-c2ccc(Cl)c(Cl)c2)nc2cc(C(=O)NCCC(N)=NC(C)C)ccc21. The summed E-state index contributed by atoms with van der Waals surface area (Å²) in [6.45, 7) is 7.33. The molecule has 32 heavy (non-hydrogen) atoms. The molecule has 0 saturated carbocycles. The van der Waals surface area contributed by atoms with E-state index < -0.39 is 0 Å². The van der Waals surface area contributed by atoms with Crippen LogP contribution in [0.3, 0.4) is 0 Å². The Morgan fingerprint density at radius 3 is 2.66 bits per heavy atom. The third-order valence-corrected chi connectivity index (χ3v) is 5.75. The van der Waals surface area contributed by atoms with Crippen LogP contribution in [0.25, 0.3) is 22.4 Å². The Labute approximate surface area is 198 Å². The van der Waals surface area contributed by atoms with Gasteiger partial charge in [-0.15, -0.1) is 0 Å². The summed E-state index contributed by atoms with van der Waals surface area (Å²) in [6, 6.07) is 11.2. The predicted molar refractivity (Wildman–Crippen MR) is 134 cm³/mol. The van der Waals surface area contributed by atoms with Gasteiger partial charge in [0, 0.05) is 36.7 Å². The third-order valence-electron chi connectivity index (χ3n) is 5.01. The normalized spacial score (nSPS) is 12.0. The number of halogens is 2. The van der Waals surface area contributed by atoms with E-state index in [1.54, 1.807) is 6.07 Å². The molecule has 3 aromatic rings. The first kappa shape index (κ1) is 24.1. The highest BCUT2D eigenvalue weighted by molar-refractivity contribution is 6.42. The molecular formula is C24H29Cl2N5O. The maximum atomic E-state index is 12.6. The first-order chi connectivity index (χ1) is 15.3. The van der Waals surface area contributed by atoms with Crippen molar-refractivity contribution in [1.82, 2.24) is 14.9 Å². The van der Waals surface area contributed by atoms with Gasteiger partial charge in [0.15, 0.2) is 0 Å². The van der Waals surface area contributed by atoms with E-state index in [0.717, 1.165) is 41.8 Å². The fourth-order valence-corrected chi connectivity index (χ4v) is 3.77. The maximum absolute atomic E-state index is 12.6. The maximum Gasteiger partial charge on any atom is 0.251 e. The van der Waals surface area contributed by atoms with Gasteiger partial charge in [-0.2, -0.15) is 0 Å². The van der Waals surface area contributed by atoms with E-state index in [1.165, 1.54) is 0 Å². The number of rotatable bonds is 9. The molecule has 8 heteroatoms. The van der Waals surface area contributed by atoms with Gasteiger partial charge in [0.1, 0.15) is 5.82 Å². The van der Waals surface area contributed by atoms with Crippen LogP contribution in [0.15, 0.2) is 41.4 Å². The third kappa shape index (κ3) is 5.81. The first-order valence-electron chi connectivity index (χ1n) is 10.9. The average molecular weight is 474 g/mol. The number of nitrogens with zero attached hydrogens (tertiary/aromatic N) is 3. The number of aliphatic imine (C=N–C) groups is 1. The van der Waals surface area contributed by atoms with E-state index in [9.17, 15) is 4.79 Å². The van der Waals surface area contributed by atoms with Crippen LogP contribution in [0, 0.1) is 0 Å². The largest absolute Gasteiger partial charge is 0.387 e. The number of carbonyl (C=O) groups is 1. The summed E-state index contributed by atoms with van der Waals surface area (Å²) in [5.41, 5.74) is 9.05. The Hall–Kier alpha value is -2.57. The quantitative estimate of drug-likeness (QED) is 0.308. The smallest absolute Gasteiger partial charge is 0.251 e. The van der Waals surface area contributed by atoms with Crippen molar-refractivity contribution in [1.29, 1.82) is 0 Å². The Kier molecular flexibility index (Phi) is 8.15. The minimum Gasteiger partial charge on any atom is -0.387 e. The second-order valence-corrected chi connectivity index (χ2v) is 8.81. The van der Waals surface area contributed by atoms with Gasteiger partial charge in [-0.05, 0) is 56.7 Å². The topological polar surface area (TPSA) is 85.3 Å². The Balaban J connectivity index is 1.87. The Bertz CT molecular complexity index is 1140. The van der Waals surface area contributed by atoms with Crippen molar-refractivity contribution < 1.29 is 4.79 Å². The van der Waals surface area contributed by atoms with Crippen molar-refractivity contribution in [3.05, 3.63) is 52.0 Å². The second kappa shape index (κ2) is 10.8. The molecule has 170 valence electrons. The molecule has 0 fully saturated rings. The number of imidazole rings is 1. The number of benzene rings is 2. The average Bonchev–Trinajstić information content (AvgIpc) is 3.11. The van der Waals surface area contributed by atoms with Gasteiger partial charge in [0.25, 0.3) is 5.91 Å². The zero-order valence-electron chi connectivity index (χ0n) is 18.7. The van der Waals surface area contributed by atoms with Crippen LogP contribution in [-0.2, 0) is 6.54 Å². The summed E-state index contributed by atoms with van der Waals surface area (Å²) in [5.74, 6) is 1.18. The van der Waals surface area contributed by atoms with Crippen molar-refractivity contribution in [3.8, 4) is 11.4 Å². The number of unbranched alkanes of at least 4 members (excludes halogenated alkanes) is 1. The summed E-state index contributed by atoms with van der Waals surface area (Å²) in [7, 11) is 0. The molecule has 6 nitrogen and oxygen atoms in total. The number of nitrogens with two attached hydrogens (primary N) is 1. The van der Waals surface area contributed by atoms with Crippen molar-refractivity contribution in [2.24, 2.45) is 10.7 Å². The van der Waals surface area contributed by atoms with E-state index in [1.807, 2.05) is 44.2 Å². The molecule has 0 aliphatic heterocycles. The molecule has 0 atom stereocenters. The number of carbonyl (C=O) groups excluding carboxylic acids is 1. The number of aromatic nitrogens is 2. The molecule has 2 aromatic carbocycles. The lowest BCUT2D eigenvalue weighted by molar-refractivity contribution is 0.0955. The molecular weight excluding hydrogens is 445 g/mol. The zero-order valence-corrected chi connectivity index (χ0v) is 20.2. The summed E-state index contributed by atoms with van der Waals surface area (Å²) in [6.07, 6.45) is 2.59. The summed E-state index contributed by atoms with van der Waals surface area (Å²) in [4.78, 5) is 21.8. The molecule has 0 aliphatic carbocycles. The first-order valence-corrected chi connectivity index (χ1v) is 11.6. The monoisotopic (exact) mass is 473 g/mol. The second-order valence-electron chi connectivity index (χ2n) is 7.99. The number of hydrogen-bond donors (Lipinski definition) is 2. The van der Waals surface area contributed by atoms with E-state index in [0.29, 0.717) is 34.4 Å². The molecule has 0 spiro atoms. The molecule has 0 unspecified atom stereocenters.